The van der Waals surface area contributed by atoms with Gasteiger partial charge in [-0.05, 0) is 39.0 Å². The van der Waals surface area contributed by atoms with Gasteiger partial charge in [-0.3, -0.25) is 9.69 Å². The highest BCUT2D eigenvalue weighted by Crippen LogP contribution is 2.30. The van der Waals surface area contributed by atoms with E-state index in [2.05, 4.69) is 11.8 Å². The normalized spacial score (nSPS) is 39.2. The zero-order chi connectivity index (χ0) is 13.2. The minimum absolute atomic E-state index is 0.259. The summed E-state index contributed by atoms with van der Waals surface area (Å²) in [4.78, 5) is 13.9. The molecule has 104 valence electrons. The average molecular weight is 255 g/mol. The molecule has 1 saturated heterocycles. The number of hydrogen-bond acceptors (Lipinski definition) is 4. The lowest BCUT2D eigenvalue weighted by Gasteiger charge is -2.41. The molecule has 2 rings (SSSR count). The number of nitrogens with zero attached hydrogens (tertiary/aromatic N) is 1. The highest BCUT2D eigenvalue weighted by Gasteiger charge is 2.40. The smallest absolute Gasteiger partial charge is 0.237 e. The monoisotopic (exact) mass is 255 g/mol. The number of amides is 1. The van der Waals surface area contributed by atoms with Gasteiger partial charge in [0, 0.05) is 25.7 Å². The maximum absolute atomic E-state index is 11.5. The van der Waals surface area contributed by atoms with Gasteiger partial charge in [0.1, 0.15) is 0 Å². The van der Waals surface area contributed by atoms with Crippen molar-refractivity contribution in [2.24, 2.45) is 11.5 Å². The average Bonchev–Trinajstić information content (AvgIpc) is 2.54. The van der Waals surface area contributed by atoms with Gasteiger partial charge in [0.25, 0.3) is 0 Å². The Hall–Kier alpha value is -0.650. The number of ether oxygens (including phenoxy) is 1. The Labute approximate surface area is 109 Å². The third-order valence-corrected chi connectivity index (χ3v) is 4.25. The molecule has 1 amide bonds. The first-order valence-corrected chi connectivity index (χ1v) is 6.96. The molecule has 0 spiro atoms. The predicted octanol–water partition coefficient (Wildman–Crippen LogP) is 0.223. The van der Waals surface area contributed by atoms with Gasteiger partial charge < -0.3 is 16.2 Å². The lowest BCUT2D eigenvalue weighted by atomic mass is 9.78. The highest BCUT2D eigenvalue weighted by molar-refractivity contribution is 5.84. The van der Waals surface area contributed by atoms with Crippen molar-refractivity contribution in [1.82, 2.24) is 4.90 Å². The molecule has 0 radical (unpaired) electrons. The molecule has 1 aliphatic carbocycles. The van der Waals surface area contributed by atoms with E-state index in [9.17, 15) is 4.79 Å². The quantitative estimate of drug-likeness (QED) is 0.739. The minimum atomic E-state index is -0.806. The Kier molecular flexibility index (Phi) is 4.25. The van der Waals surface area contributed by atoms with E-state index in [0.717, 1.165) is 45.4 Å². The summed E-state index contributed by atoms with van der Waals surface area (Å²) in [5, 5.41) is 0. The molecule has 5 nitrogen and oxygen atoms in total. The second-order valence-electron chi connectivity index (χ2n) is 5.80. The maximum atomic E-state index is 11.5. The highest BCUT2D eigenvalue weighted by atomic mass is 16.5. The molecule has 3 unspecified atom stereocenters. The molecule has 0 aromatic carbocycles. The van der Waals surface area contributed by atoms with Crippen LogP contribution in [0.3, 0.4) is 0 Å². The molecule has 3 atom stereocenters. The number of primary amides is 1. The van der Waals surface area contributed by atoms with Crippen molar-refractivity contribution >= 4 is 5.91 Å². The molecule has 4 N–H and O–H groups in total. The van der Waals surface area contributed by atoms with Gasteiger partial charge >= 0.3 is 0 Å². The second kappa shape index (κ2) is 5.55. The van der Waals surface area contributed by atoms with Crippen LogP contribution >= 0.6 is 0 Å². The topological polar surface area (TPSA) is 81.6 Å². The molecule has 1 heterocycles. The van der Waals surface area contributed by atoms with Gasteiger partial charge in [0.2, 0.25) is 5.91 Å². The molecular formula is C13H25N3O2. The van der Waals surface area contributed by atoms with E-state index in [1.807, 2.05) is 0 Å². The van der Waals surface area contributed by atoms with Gasteiger partial charge in [-0.1, -0.05) is 0 Å². The van der Waals surface area contributed by atoms with Crippen LogP contribution < -0.4 is 11.5 Å². The van der Waals surface area contributed by atoms with Crippen LogP contribution in [0.4, 0.5) is 0 Å². The third-order valence-electron chi connectivity index (χ3n) is 4.25. The van der Waals surface area contributed by atoms with E-state index in [4.69, 9.17) is 16.2 Å². The first-order valence-electron chi connectivity index (χ1n) is 6.96. The van der Waals surface area contributed by atoms with Crippen molar-refractivity contribution in [3.8, 4) is 0 Å². The predicted molar refractivity (Wildman–Crippen MR) is 70.0 cm³/mol. The van der Waals surface area contributed by atoms with Crippen LogP contribution in [0, 0.1) is 0 Å². The Morgan fingerprint density at radius 3 is 2.94 bits per heavy atom. The fourth-order valence-electron chi connectivity index (χ4n) is 3.17. The van der Waals surface area contributed by atoms with E-state index in [1.165, 1.54) is 0 Å². The summed E-state index contributed by atoms with van der Waals surface area (Å²) in [7, 11) is 0. The zero-order valence-corrected chi connectivity index (χ0v) is 11.2. The Bertz CT molecular complexity index is 311. The summed E-state index contributed by atoms with van der Waals surface area (Å²) in [6.07, 6.45) is 4.81. The molecule has 18 heavy (non-hydrogen) atoms. The Morgan fingerprint density at radius 2 is 2.22 bits per heavy atom. The van der Waals surface area contributed by atoms with E-state index in [0.29, 0.717) is 12.5 Å². The fraction of sp³-hybridized carbons (Fsp3) is 0.923. The molecule has 2 fully saturated rings. The van der Waals surface area contributed by atoms with E-state index < -0.39 is 5.54 Å². The van der Waals surface area contributed by atoms with Crippen molar-refractivity contribution in [3.05, 3.63) is 0 Å². The molecule has 0 bridgehead atoms. The third kappa shape index (κ3) is 3.02. The Morgan fingerprint density at radius 1 is 1.44 bits per heavy atom. The first-order chi connectivity index (χ1) is 8.51. The van der Waals surface area contributed by atoms with Crippen LogP contribution in [0.2, 0.25) is 0 Å². The largest absolute Gasteiger partial charge is 0.377 e. The molecule has 1 aliphatic heterocycles. The van der Waals surface area contributed by atoms with Crippen molar-refractivity contribution in [2.45, 2.75) is 56.7 Å². The van der Waals surface area contributed by atoms with Crippen LogP contribution in [-0.2, 0) is 9.53 Å². The van der Waals surface area contributed by atoms with Gasteiger partial charge in [-0.15, -0.1) is 0 Å². The van der Waals surface area contributed by atoms with Gasteiger partial charge in [0.15, 0.2) is 0 Å². The van der Waals surface area contributed by atoms with Gasteiger partial charge in [-0.25, -0.2) is 0 Å². The van der Waals surface area contributed by atoms with E-state index in [-0.39, 0.29) is 12.0 Å². The van der Waals surface area contributed by atoms with Gasteiger partial charge in [0.05, 0.1) is 11.6 Å². The number of carbonyl (C=O) groups is 1. The number of rotatable bonds is 2. The zero-order valence-electron chi connectivity index (χ0n) is 11.2. The fourth-order valence-corrected chi connectivity index (χ4v) is 3.17. The SMILES string of the molecule is CC1CN(C2CCCC(N)(C(N)=O)C2)CCCO1. The van der Waals surface area contributed by atoms with Crippen molar-refractivity contribution < 1.29 is 9.53 Å². The molecule has 5 heteroatoms. The van der Waals surface area contributed by atoms with Crippen molar-refractivity contribution in [1.29, 1.82) is 0 Å². The van der Waals surface area contributed by atoms with Crippen LogP contribution in [-0.4, -0.2) is 48.2 Å². The molecule has 1 saturated carbocycles. The molecule has 0 aromatic rings. The summed E-state index contributed by atoms with van der Waals surface area (Å²) in [6, 6.07) is 0.375. The summed E-state index contributed by atoms with van der Waals surface area (Å²) < 4.78 is 5.66. The summed E-state index contributed by atoms with van der Waals surface area (Å²) >= 11 is 0. The van der Waals surface area contributed by atoms with Crippen LogP contribution in [0.25, 0.3) is 0 Å². The number of hydrogen-bond donors (Lipinski definition) is 2. The standard InChI is InChI=1S/C13H25N3O2/c1-10-9-16(6-3-7-18-10)11-4-2-5-13(15,8-11)12(14)17/h10-11H,2-9,15H2,1H3,(H2,14,17). The number of carbonyl (C=O) groups excluding carboxylic acids is 1. The lowest BCUT2D eigenvalue weighted by Crippen LogP contribution is -2.58. The van der Waals surface area contributed by atoms with Gasteiger partial charge in [-0.2, -0.15) is 0 Å². The Balaban J connectivity index is 2.01. The first kappa shape index (κ1) is 13.8. The molecule has 2 aliphatic rings. The van der Waals surface area contributed by atoms with Crippen LogP contribution in [0.5, 0.6) is 0 Å². The summed E-state index contributed by atoms with van der Waals surface area (Å²) in [5.74, 6) is -0.355. The molecular weight excluding hydrogens is 230 g/mol. The van der Waals surface area contributed by atoms with Crippen LogP contribution in [0.1, 0.15) is 39.0 Å². The minimum Gasteiger partial charge on any atom is -0.377 e. The maximum Gasteiger partial charge on any atom is 0.237 e. The van der Waals surface area contributed by atoms with E-state index in [1.54, 1.807) is 0 Å². The second-order valence-corrected chi connectivity index (χ2v) is 5.80. The van der Waals surface area contributed by atoms with E-state index >= 15 is 0 Å². The number of nitrogens with two attached hydrogens (primary N) is 2. The summed E-state index contributed by atoms with van der Waals surface area (Å²) in [5.41, 5.74) is 10.8. The molecule has 0 aromatic heterocycles. The summed E-state index contributed by atoms with van der Waals surface area (Å²) in [6.45, 7) is 4.89. The van der Waals surface area contributed by atoms with Crippen molar-refractivity contribution in [2.75, 3.05) is 19.7 Å². The van der Waals surface area contributed by atoms with Crippen molar-refractivity contribution in [3.63, 3.8) is 0 Å². The lowest BCUT2D eigenvalue weighted by molar-refractivity contribution is -0.125. The van der Waals surface area contributed by atoms with Crippen LogP contribution in [0.15, 0.2) is 0 Å².